The number of aryl methyl sites for hydroxylation is 1. The molecule has 1 unspecified atom stereocenters. The van der Waals surface area contributed by atoms with E-state index in [1.54, 1.807) is 48.6 Å². The molecule has 1 atom stereocenters. The van der Waals surface area contributed by atoms with E-state index in [9.17, 15) is 9.59 Å². The summed E-state index contributed by atoms with van der Waals surface area (Å²) in [4.78, 5) is 38.4. The largest absolute Gasteiger partial charge is 0.492 e. The Morgan fingerprint density at radius 1 is 1.21 bits per heavy atom. The molecule has 0 spiro atoms. The molecule has 0 bridgehead atoms. The Bertz CT molecular complexity index is 1170. The molecule has 2 N–H and O–H groups in total. The van der Waals surface area contributed by atoms with Crippen LogP contribution in [0.15, 0.2) is 48.9 Å². The van der Waals surface area contributed by atoms with Gasteiger partial charge in [0.15, 0.2) is 5.82 Å². The van der Waals surface area contributed by atoms with Gasteiger partial charge in [-0.1, -0.05) is 11.6 Å². The smallest absolute Gasteiger partial charge is 0.324 e. The van der Waals surface area contributed by atoms with Gasteiger partial charge in [-0.15, -0.1) is 0 Å². The Morgan fingerprint density at radius 3 is 2.76 bits per heavy atom. The van der Waals surface area contributed by atoms with Gasteiger partial charge in [-0.05, 0) is 37.3 Å². The summed E-state index contributed by atoms with van der Waals surface area (Å²) in [6.07, 6.45) is 5.09. The maximum Gasteiger partial charge on any atom is 0.324 e. The average molecular weight is 467 g/mol. The summed E-state index contributed by atoms with van der Waals surface area (Å²) in [5.41, 5.74) is 2.69. The normalized spacial score (nSPS) is 15.4. The van der Waals surface area contributed by atoms with Crippen molar-refractivity contribution in [3.63, 3.8) is 0 Å². The summed E-state index contributed by atoms with van der Waals surface area (Å²) in [7, 11) is 1.79. The highest BCUT2D eigenvalue weighted by molar-refractivity contribution is 6.32. The van der Waals surface area contributed by atoms with Crippen LogP contribution >= 0.6 is 11.6 Å². The zero-order valence-electron chi connectivity index (χ0n) is 18.2. The van der Waals surface area contributed by atoms with Gasteiger partial charge in [0.1, 0.15) is 5.75 Å². The van der Waals surface area contributed by atoms with Crippen molar-refractivity contribution in [3.05, 3.63) is 59.6 Å². The number of likely N-dealkylation sites (tertiary alicyclic amines) is 1. The molecule has 10 heteroatoms. The van der Waals surface area contributed by atoms with E-state index in [1.807, 2.05) is 13.0 Å². The van der Waals surface area contributed by atoms with Gasteiger partial charge in [-0.25, -0.2) is 9.78 Å². The van der Waals surface area contributed by atoms with Crippen LogP contribution in [0.3, 0.4) is 0 Å². The summed E-state index contributed by atoms with van der Waals surface area (Å²) in [5.74, 6) is 1.10. The number of aromatic nitrogens is 3. The van der Waals surface area contributed by atoms with E-state index >= 15 is 0 Å². The molecule has 3 heterocycles. The predicted octanol–water partition coefficient (Wildman–Crippen LogP) is 4.00. The van der Waals surface area contributed by atoms with Gasteiger partial charge in [0.2, 0.25) is 5.91 Å². The predicted molar refractivity (Wildman–Crippen MR) is 125 cm³/mol. The third-order valence-corrected chi connectivity index (χ3v) is 5.46. The van der Waals surface area contributed by atoms with Crippen molar-refractivity contribution < 1.29 is 14.3 Å². The molecule has 1 aromatic carbocycles. The Morgan fingerprint density at radius 2 is 2.06 bits per heavy atom. The molecule has 2 aromatic heterocycles. The SMILES string of the molecule is Cc1ccc(NC(=O)Nc2cncc(-c3ccc(OCC4CC(=O)N(C)C4)c(Cl)c3)n2)cn1. The lowest BCUT2D eigenvalue weighted by atomic mass is 10.1. The number of nitrogens with one attached hydrogen (secondary N) is 2. The highest BCUT2D eigenvalue weighted by Gasteiger charge is 2.27. The third kappa shape index (κ3) is 5.75. The Labute approximate surface area is 196 Å². The molecule has 170 valence electrons. The summed E-state index contributed by atoms with van der Waals surface area (Å²) in [6.45, 7) is 2.96. The molecular formula is C23H23ClN6O3. The number of hydrogen-bond acceptors (Lipinski definition) is 6. The zero-order valence-corrected chi connectivity index (χ0v) is 19.0. The number of halogens is 1. The first-order valence-corrected chi connectivity index (χ1v) is 10.7. The van der Waals surface area contributed by atoms with E-state index in [0.717, 1.165) is 11.3 Å². The minimum absolute atomic E-state index is 0.126. The van der Waals surface area contributed by atoms with Crippen LogP contribution in [-0.4, -0.2) is 52.0 Å². The van der Waals surface area contributed by atoms with E-state index in [1.165, 1.54) is 6.20 Å². The van der Waals surface area contributed by atoms with Crippen LogP contribution in [0.1, 0.15) is 12.1 Å². The number of carbonyl (C=O) groups is 2. The number of ether oxygens (including phenoxy) is 1. The number of pyridine rings is 1. The Kier molecular flexibility index (Phi) is 6.69. The number of carbonyl (C=O) groups excluding carboxylic acids is 2. The van der Waals surface area contributed by atoms with Crippen LogP contribution in [0.25, 0.3) is 11.3 Å². The van der Waals surface area contributed by atoms with Crippen molar-refractivity contribution >= 4 is 35.0 Å². The summed E-state index contributed by atoms with van der Waals surface area (Å²) in [6, 6.07) is 8.42. The molecule has 1 aliphatic heterocycles. The van der Waals surface area contributed by atoms with E-state index < -0.39 is 6.03 Å². The number of urea groups is 1. The highest BCUT2D eigenvalue weighted by Crippen LogP contribution is 2.31. The highest BCUT2D eigenvalue weighted by atomic mass is 35.5. The number of nitrogens with zero attached hydrogens (tertiary/aromatic N) is 4. The fraction of sp³-hybridized carbons (Fsp3) is 0.261. The number of anilines is 2. The lowest BCUT2D eigenvalue weighted by Crippen LogP contribution is -2.20. The zero-order chi connectivity index (χ0) is 23.4. The van der Waals surface area contributed by atoms with Crippen molar-refractivity contribution in [2.75, 3.05) is 30.8 Å². The van der Waals surface area contributed by atoms with Crippen LogP contribution in [0.4, 0.5) is 16.3 Å². The second kappa shape index (κ2) is 9.83. The van der Waals surface area contributed by atoms with Gasteiger partial charge in [-0.3, -0.25) is 20.1 Å². The first-order valence-electron chi connectivity index (χ1n) is 10.4. The summed E-state index contributed by atoms with van der Waals surface area (Å²) >= 11 is 6.41. The van der Waals surface area contributed by atoms with E-state index in [-0.39, 0.29) is 17.6 Å². The number of hydrogen-bond donors (Lipinski definition) is 2. The minimum Gasteiger partial charge on any atom is -0.492 e. The molecule has 0 aliphatic carbocycles. The number of benzene rings is 1. The molecule has 1 aliphatic rings. The molecule has 4 rings (SSSR count). The maximum absolute atomic E-state index is 12.3. The van der Waals surface area contributed by atoms with Gasteiger partial charge in [-0.2, -0.15) is 0 Å². The van der Waals surface area contributed by atoms with Crippen molar-refractivity contribution in [1.29, 1.82) is 0 Å². The molecule has 3 aromatic rings. The van der Waals surface area contributed by atoms with Crippen LogP contribution in [0, 0.1) is 12.8 Å². The molecule has 1 fully saturated rings. The molecule has 33 heavy (non-hydrogen) atoms. The second-order valence-corrected chi connectivity index (χ2v) is 8.26. The molecule has 1 saturated heterocycles. The summed E-state index contributed by atoms with van der Waals surface area (Å²) in [5, 5.41) is 5.78. The Hall–Kier alpha value is -3.72. The fourth-order valence-electron chi connectivity index (χ4n) is 3.44. The third-order valence-electron chi connectivity index (χ3n) is 5.17. The van der Waals surface area contributed by atoms with Crippen LogP contribution < -0.4 is 15.4 Å². The quantitative estimate of drug-likeness (QED) is 0.568. The number of rotatable bonds is 6. The van der Waals surface area contributed by atoms with Crippen molar-refractivity contribution in [1.82, 2.24) is 19.9 Å². The van der Waals surface area contributed by atoms with E-state index in [0.29, 0.717) is 41.7 Å². The lowest BCUT2D eigenvalue weighted by Gasteiger charge is -2.13. The molecule has 3 amide bonds. The van der Waals surface area contributed by atoms with Crippen molar-refractivity contribution in [2.24, 2.45) is 5.92 Å². The van der Waals surface area contributed by atoms with Gasteiger partial charge >= 0.3 is 6.03 Å². The topological polar surface area (TPSA) is 109 Å². The Balaban J connectivity index is 1.39. The molecular weight excluding hydrogens is 444 g/mol. The van der Waals surface area contributed by atoms with Crippen molar-refractivity contribution in [3.8, 4) is 17.0 Å². The molecule has 9 nitrogen and oxygen atoms in total. The van der Waals surface area contributed by atoms with E-state index in [2.05, 4.69) is 25.6 Å². The van der Waals surface area contributed by atoms with E-state index in [4.69, 9.17) is 16.3 Å². The molecule has 0 saturated carbocycles. The van der Waals surface area contributed by atoms with Crippen LogP contribution in [0.2, 0.25) is 5.02 Å². The monoisotopic (exact) mass is 466 g/mol. The van der Waals surface area contributed by atoms with Crippen LogP contribution in [0.5, 0.6) is 5.75 Å². The second-order valence-electron chi connectivity index (χ2n) is 7.86. The average Bonchev–Trinajstić information content (AvgIpc) is 3.11. The van der Waals surface area contributed by atoms with Gasteiger partial charge in [0.05, 0.1) is 41.6 Å². The van der Waals surface area contributed by atoms with Gasteiger partial charge in [0, 0.05) is 37.2 Å². The van der Waals surface area contributed by atoms with Gasteiger partial charge in [0.25, 0.3) is 0 Å². The first-order chi connectivity index (χ1) is 15.9. The van der Waals surface area contributed by atoms with Crippen molar-refractivity contribution in [2.45, 2.75) is 13.3 Å². The fourth-order valence-corrected chi connectivity index (χ4v) is 3.67. The number of amides is 3. The van der Waals surface area contributed by atoms with Gasteiger partial charge < -0.3 is 15.0 Å². The maximum atomic E-state index is 12.3. The lowest BCUT2D eigenvalue weighted by molar-refractivity contribution is -0.126. The standard InChI is InChI=1S/C23H23ClN6O3/c1-14-3-5-17(9-26-14)27-23(32)29-21-11-25-10-19(28-21)16-4-6-20(18(24)8-16)33-13-15-7-22(31)30(2)12-15/h3-6,8-11,15H,7,12-13H2,1-2H3,(H2,27,28,29,32). The molecule has 0 radical (unpaired) electrons. The van der Waals surface area contributed by atoms with Crippen LogP contribution in [-0.2, 0) is 4.79 Å². The first kappa shape index (κ1) is 22.5. The summed E-state index contributed by atoms with van der Waals surface area (Å²) < 4.78 is 5.83. The minimum atomic E-state index is -0.454.